The van der Waals surface area contributed by atoms with E-state index in [2.05, 4.69) is 5.32 Å². The molecule has 5 N–H and O–H groups in total. The van der Waals surface area contributed by atoms with Crippen molar-refractivity contribution in [2.24, 2.45) is 0 Å². The molecule has 0 aliphatic heterocycles. The van der Waals surface area contributed by atoms with Gasteiger partial charge in [-0.2, -0.15) is 0 Å². The fourth-order valence-corrected chi connectivity index (χ4v) is 1.43. The summed E-state index contributed by atoms with van der Waals surface area (Å²) in [7, 11) is 0. The van der Waals surface area contributed by atoms with E-state index in [4.69, 9.17) is 15.3 Å². The molecule has 0 saturated heterocycles. The number of para-hydroxylation sites is 1. The van der Waals surface area contributed by atoms with Gasteiger partial charge in [0.15, 0.2) is 5.78 Å². The van der Waals surface area contributed by atoms with E-state index in [1.54, 1.807) is 12.1 Å². The van der Waals surface area contributed by atoms with Gasteiger partial charge in [0.2, 0.25) is 0 Å². The van der Waals surface area contributed by atoms with Crippen LogP contribution in [0.15, 0.2) is 24.3 Å². The Bertz CT molecular complexity index is 461. The van der Waals surface area contributed by atoms with E-state index in [0.29, 0.717) is 0 Å². The Kier molecular flexibility index (Phi) is 5.43. The smallest absolute Gasteiger partial charge is 0.337 e. The number of ketones is 1. The number of hydrogen-bond acceptors (Lipinski definition) is 6. The summed E-state index contributed by atoms with van der Waals surface area (Å²) in [5, 5.41) is 38.5. The quantitative estimate of drug-likeness (QED) is 0.433. The number of aliphatic hydroxyl groups excluding tert-OH is 3. The van der Waals surface area contributed by atoms with Gasteiger partial charge in [0.25, 0.3) is 0 Å². The van der Waals surface area contributed by atoms with Gasteiger partial charge in [0.1, 0.15) is 12.2 Å². The lowest BCUT2D eigenvalue weighted by atomic mass is 10.1. The summed E-state index contributed by atoms with van der Waals surface area (Å²) in [6.07, 6.45) is -3.27. The molecule has 0 fully saturated rings. The summed E-state index contributed by atoms with van der Waals surface area (Å²) in [5.41, 5.74) is 0.224. The molecule has 0 radical (unpaired) electrons. The van der Waals surface area contributed by atoms with Crippen LogP contribution in [0.3, 0.4) is 0 Å². The summed E-state index contributed by atoms with van der Waals surface area (Å²) < 4.78 is 0. The minimum atomic E-state index is -1.71. The number of carboxylic acid groups (broad SMARTS) is 1. The van der Waals surface area contributed by atoms with Crippen molar-refractivity contribution in [2.75, 3.05) is 18.5 Å². The molecule has 0 saturated carbocycles. The Morgan fingerprint density at radius 1 is 1.21 bits per heavy atom. The second-order valence-electron chi connectivity index (χ2n) is 3.87. The molecule has 104 valence electrons. The van der Waals surface area contributed by atoms with Crippen molar-refractivity contribution < 1.29 is 30.0 Å². The Balaban J connectivity index is 2.67. The number of carbonyl (C=O) groups excluding carboxylic acids is 1. The second-order valence-corrected chi connectivity index (χ2v) is 3.87. The molecule has 1 aromatic rings. The molecule has 0 unspecified atom stereocenters. The van der Waals surface area contributed by atoms with Crippen LogP contribution in [0.25, 0.3) is 0 Å². The SMILES string of the molecule is O=C(O)c1ccccc1NCC(=O)[C@H](O)[C@H](O)CO. The van der Waals surface area contributed by atoms with Gasteiger partial charge in [-0.25, -0.2) is 4.79 Å². The van der Waals surface area contributed by atoms with Gasteiger partial charge < -0.3 is 25.7 Å². The first-order valence-corrected chi connectivity index (χ1v) is 5.53. The largest absolute Gasteiger partial charge is 0.478 e. The van der Waals surface area contributed by atoms with Gasteiger partial charge in [-0.3, -0.25) is 4.79 Å². The molecule has 7 nitrogen and oxygen atoms in total. The van der Waals surface area contributed by atoms with Crippen molar-refractivity contribution in [3.63, 3.8) is 0 Å². The molecular formula is C12H15NO6. The average molecular weight is 269 g/mol. The molecule has 0 spiro atoms. The van der Waals surface area contributed by atoms with Gasteiger partial charge in [-0.1, -0.05) is 12.1 Å². The molecule has 0 aliphatic carbocycles. The lowest BCUT2D eigenvalue weighted by Crippen LogP contribution is -2.39. The molecule has 2 atom stereocenters. The summed E-state index contributed by atoms with van der Waals surface area (Å²) in [6, 6.07) is 5.98. The topological polar surface area (TPSA) is 127 Å². The zero-order valence-corrected chi connectivity index (χ0v) is 9.98. The molecule has 0 amide bonds. The van der Waals surface area contributed by atoms with Gasteiger partial charge in [-0.05, 0) is 12.1 Å². The average Bonchev–Trinajstić information content (AvgIpc) is 2.43. The predicted octanol–water partition coefficient (Wildman–Crippen LogP) is -0.920. The number of hydrogen-bond donors (Lipinski definition) is 5. The normalized spacial score (nSPS) is 13.6. The number of rotatable bonds is 7. The Hall–Kier alpha value is -1.96. The first-order chi connectivity index (χ1) is 8.97. The number of carboxylic acids is 1. The standard InChI is InChI=1S/C12H15NO6/c14-6-10(16)11(17)9(15)5-13-8-4-2-1-3-7(8)12(18)19/h1-4,10-11,13-14,16-17H,5-6H2,(H,18,19)/t10-,11+/m1/s1. The van der Waals surface area contributed by atoms with Crippen LogP contribution in [0.1, 0.15) is 10.4 Å². The van der Waals surface area contributed by atoms with Crippen LogP contribution in [-0.2, 0) is 4.79 Å². The maximum atomic E-state index is 11.5. The minimum absolute atomic E-state index is 0.00695. The van der Waals surface area contributed by atoms with Crippen molar-refractivity contribution in [1.29, 1.82) is 0 Å². The monoisotopic (exact) mass is 269 g/mol. The van der Waals surface area contributed by atoms with Crippen LogP contribution in [-0.4, -0.2) is 57.5 Å². The summed E-state index contributed by atoms with van der Waals surface area (Å²) in [6.45, 7) is -1.10. The number of Topliss-reactive ketones (excluding diaryl/α,β-unsaturated/α-hetero) is 1. The Labute approximate surface area is 109 Å². The maximum absolute atomic E-state index is 11.5. The van der Waals surface area contributed by atoms with E-state index in [1.807, 2.05) is 0 Å². The fourth-order valence-electron chi connectivity index (χ4n) is 1.43. The fraction of sp³-hybridized carbons (Fsp3) is 0.333. The van der Waals surface area contributed by atoms with Crippen LogP contribution in [0, 0.1) is 0 Å². The first kappa shape index (κ1) is 15.1. The summed E-state index contributed by atoms with van der Waals surface area (Å²) >= 11 is 0. The number of anilines is 1. The molecule has 0 aliphatic rings. The number of aromatic carboxylic acids is 1. The van der Waals surface area contributed by atoms with Gasteiger partial charge >= 0.3 is 5.97 Å². The van der Waals surface area contributed by atoms with E-state index in [1.165, 1.54) is 12.1 Å². The lowest BCUT2D eigenvalue weighted by Gasteiger charge is -2.15. The Morgan fingerprint density at radius 2 is 1.84 bits per heavy atom. The van der Waals surface area contributed by atoms with Crippen LogP contribution in [0.5, 0.6) is 0 Å². The van der Waals surface area contributed by atoms with Crippen molar-refractivity contribution in [3.05, 3.63) is 29.8 Å². The van der Waals surface area contributed by atoms with E-state index >= 15 is 0 Å². The van der Waals surface area contributed by atoms with E-state index < -0.39 is 30.6 Å². The number of nitrogens with one attached hydrogen (secondary N) is 1. The summed E-state index contributed by atoms with van der Waals surface area (Å²) in [5.74, 6) is -1.90. The highest BCUT2D eigenvalue weighted by Crippen LogP contribution is 2.14. The highest BCUT2D eigenvalue weighted by molar-refractivity contribution is 5.95. The molecule has 7 heteroatoms. The molecule has 1 aromatic carbocycles. The van der Waals surface area contributed by atoms with E-state index in [9.17, 15) is 14.7 Å². The summed E-state index contributed by atoms with van der Waals surface area (Å²) in [4.78, 5) is 22.4. The molecule has 0 bridgehead atoms. The number of aliphatic hydroxyl groups is 3. The zero-order chi connectivity index (χ0) is 14.4. The first-order valence-electron chi connectivity index (χ1n) is 5.53. The van der Waals surface area contributed by atoms with Crippen molar-refractivity contribution in [2.45, 2.75) is 12.2 Å². The van der Waals surface area contributed by atoms with Crippen molar-refractivity contribution in [1.82, 2.24) is 0 Å². The lowest BCUT2D eigenvalue weighted by molar-refractivity contribution is -0.132. The van der Waals surface area contributed by atoms with Crippen molar-refractivity contribution in [3.8, 4) is 0 Å². The Morgan fingerprint density at radius 3 is 2.42 bits per heavy atom. The molecule has 0 heterocycles. The van der Waals surface area contributed by atoms with Gasteiger partial charge in [0, 0.05) is 5.69 Å². The highest BCUT2D eigenvalue weighted by atomic mass is 16.4. The van der Waals surface area contributed by atoms with Crippen LogP contribution in [0.2, 0.25) is 0 Å². The van der Waals surface area contributed by atoms with E-state index in [-0.39, 0.29) is 17.8 Å². The maximum Gasteiger partial charge on any atom is 0.337 e. The zero-order valence-electron chi connectivity index (χ0n) is 9.98. The van der Waals surface area contributed by atoms with Crippen molar-refractivity contribution >= 4 is 17.4 Å². The third-order valence-electron chi connectivity index (χ3n) is 2.49. The molecule has 0 aromatic heterocycles. The third-order valence-corrected chi connectivity index (χ3v) is 2.49. The van der Waals surface area contributed by atoms with Crippen LogP contribution < -0.4 is 5.32 Å². The molecular weight excluding hydrogens is 254 g/mol. The van der Waals surface area contributed by atoms with E-state index in [0.717, 1.165) is 0 Å². The number of carbonyl (C=O) groups is 2. The highest BCUT2D eigenvalue weighted by Gasteiger charge is 2.23. The second kappa shape index (κ2) is 6.83. The predicted molar refractivity (Wildman–Crippen MR) is 66.0 cm³/mol. The molecule has 1 rings (SSSR count). The number of benzene rings is 1. The van der Waals surface area contributed by atoms with Gasteiger partial charge in [0.05, 0.1) is 18.7 Å². The minimum Gasteiger partial charge on any atom is -0.478 e. The van der Waals surface area contributed by atoms with Crippen LogP contribution in [0.4, 0.5) is 5.69 Å². The third kappa shape index (κ3) is 4.02. The van der Waals surface area contributed by atoms with Gasteiger partial charge in [-0.15, -0.1) is 0 Å². The molecule has 19 heavy (non-hydrogen) atoms. The van der Waals surface area contributed by atoms with Crippen LogP contribution >= 0.6 is 0 Å².